The molecule has 0 aromatic carbocycles. The minimum atomic E-state index is -0.933. The average Bonchev–Trinajstić information content (AvgIpc) is 2.94. The standard InChI is InChI=1S/C14H16N2O2S/c1-2-3-7-10-15-12(14(17)18)11-8-5-4-6-9(8)19-13(11)16-10/h2-7H2,1H3,(H,17,18). The third-order valence-corrected chi connectivity index (χ3v) is 4.75. The Hall–Kier alpha value is -1.49. The number of nitrogens with zero attached hydrogens (tertiary/aromatic N) is 2. The summed E-state index contributed by atoms with van der Waals surface area (Å²) in [6.45, 7) is 2.11. The first-order valence-electron chi connectivity index (χ1n) is 6.75. The lowest BCUT2D eigenvalue weighted by Crippen LogP contribution is -2.06. The zero-order valence-corrected chi connectivity index (χ0v) is 11.7. The van der Waals surface area contributed by atoms with Crippen LogP contribution in [0.3, 0.4) is 0 Å². The first kappa shape index (κ1) is 12.5. The van der Waals surface area contributed by atoms with Crippen LogP contribution in [0.15, 0.2) is 0 Å². The average molecular weight is 276 g/mol. The zero-order valence-electron chi connectivity index (χ0n) is 10.9. The van der Waals surface area contributed by atoms with Crippen LogP contribution in [0.5, 0.6) is 0 Å². The number of thiophene rings is 1. The number of aromatic carboxylic acids is 1. The Morgan fingerprint density at radius 2 is 2.21 bits per heavy atom. The molecule has 4 nitrogen and oxygen atoms in total. The molecule has 2 aromatic rings. The van der Waals surface area contributed by atoms with Gasteiger partial charge < -0.3 is 5.11 Å². The fourth-order valence-electron chi connectivity index (χ4n) is 2.64. The number of hydrogen-bond donors (Lipinski definition) is 1. The summed E-state index contributed by atoms with van der Waals surface area (Å²) in [6, 6.07) is 0. The molecule has 2 heterocycles. The van der Waals surface area contributed by atoms with E-state index in [1.807, 2.05) is 0 Å². The Balaban J connectivity index is 2.17. The summed E-state index contributed by atoms with van der Waals surface area (Å²) >= 11 is 1.65. The van der Waals surface area contributed by atoms with Gasteiger partial charge in [-0.2, -0.15) is 0 Å². The molecule has 0 fully saturated rings. The molecule has 0 spiro atoms. The van der Waals surface area contributed by atoms with Crippen LogP contribution in [-0.4, -0.2) is 21.0 Å². The number of hydrogen-bond acceptors (Lipinski definition) is 4. The van der Waals surface area contributed by atoms with Crippen molar-refractivity contribution in [3.05, 3.63) is 22.0 Å². The van der Waals surface area contributed by atoms with Crippen LogP contribution in [0.2, 0.25) is 0 Å². The maximum atomic E-state index is 11.5. The minimum absolute atomic E-state index is 0.204. The molecule has 0 amide bonds. The van der Waals surface area contributed by atoms with Crippen molar-refractivity contribution in [1.82, 2.24) is 9.97 Å². The van der Waals surface area contributed by atoms with Gasteiger partial charge in [0.2, 0.25) is 0 Å². The SMILES string of the molecule is CCCCc1nc(C(=O)O)c2c3c(sc2n1)CCC3. The lowest BCUT2D eigenvalue weighted by atomic mass is 10.1. The Kier molecular flexibility index (Phi) is 3.22. The number of aromatic nitrogens is 2. The highest BCUT2D eigenvalue weighted by molar-refractivity contribution is 7.19. The highest BCUT2D eigenvalue weighted by Crippen LogP contribution is 2.37. The van der Waals surface area contributed by atoms with Crippen LogP contribution in [0.4, 0.5) is 0 Å². The Morgan fingerprint density at radius 1 is 1.37 bits per heavy atom. The lowest BCUT2D eigenvalue weighted by molar-refractivity contribution is 0.0692. The van der Waals surface area contributed by atoms with E-state index in [9.17, 15) is 9.90 Å². The molecular weight excluding hydrogens is 260 g/mol. The largest absolute Gasteiger partial charge is 0.476 e. The van der Waals surface area contributed by atoms with Crippen LogP contribution in [0.1, 0.15) is 52.9 Å². The maximum Gasteiger partial charge on any atom is 0.355 e. The van der Waals surface area contributed by atoms with E-state index >= 15 is 0 Å². The normalized spacial score (nSPS) is 13.9. The van der Waals surface area contributed by atoms with Crippen molar-refractivity contribution in [3.63, 3.8) is 0 Å². The van der Waals surface area contributed by atoms with E-state index < -0.39 is 5.97 Å². The van der Waals surface area contributed by atoms with Gasteiger partial charge in [0.25, 0.3) is 0 Å². The van der Waals surface area contributed by atoms with Crippen molar-refractivity contribution < 1.29 is 9.90 Å². The van der Waals surface area contributed by atoms with Gasteiger partial charge in [0.1, 0.15) is 10.7 Å². The van der Waals surface area contributed by atoms with Gasteiger partial charge in [0.05, 0.1) is 0 Å². The second-order valence-electron chi connectivity index (χ2n) is 4.93. The highest BCUT2D eigenvalue weighted by Gasteiger charge is 2.24. The summed E-state index contributed by atoms with van der Waals surface area (Å²) < 4.78 is 0. The predicted octanol–water partition coefficient (Wildman–Crippen LogP) is 3.22. The van der Waals surface area contributed by atoms with Crippen LogP contribution in [0.25, 0.3) is 10.2 Å². The van der Waals surface area contributed by atoms with Crippen molar-refractivity contribution >= 4 is 27.5 Å². The summed E-state index contributed by atoms with van der Waals surface area (Å²) in [5.74, 6) is -0.260. The zero-order chi connectivity index (χ0) is 13.4. The van der Waals surface area contributed by atoms with Crippen molar-refractivity contribution in [2.24, 2.45) is 0 Å². The highest BCUT2D eigenvalue weighted by atomic mass is 32.1. The van der Waals surface area contributed by atoms with Crippen molar-refractivity contribution in [1.29, 1.82) is 0 Å². The van der Waals surface area contributed by atoms with E-state index in [-0.39, 0.29) is 5.69 Å². The van der Waals surface area contributed by atoms with E-state index in [4.69, 9.17) is 0 Å². The molecule has 0 aliphatic heterocycles. The number of carboxylic acids is 1. The van der Waals surface area contributed by atoms with Crippen LogP contribution >= 0.6 is 11.3 Å². The molecule has 0 radical (unpaired) electrons. The number of carboxylic acid groups (broad SMARTS) is 1. The molecule has 1 aliphatic rings. The smallest absolute Gasteiger partial charge is 0.355 e. The van der Waals surface area contributed by atoms with Gasteiger partial charge in [0, 0.05) is 16.7 Å². The second kappa shape index (κ2) is 4.89. The van der Waals surface area contributed by atoms with Gasteiger partial charge in [-0.15, -0.1) is 11.3 Å². The van der Waals surface area contributed by atoms with E-state index in [1.54, 1.807) is 11.3 Å². The number of carbonyl (C=O) groups is 1. The molecule has 1 aliphatic carbocycles. The fraction of sp³-hybridized carbons (Fsp3) is 0.500. The van der Waals surface area contributed by atoms with Crippen LogP contribution < -0.4 is 0 Å². The second-order valence-corrected chi connectivity index (χ2v) is 6.02. The Labute approximate surface area is 115 Å². The third-order valence-electron chi connectivity index (χ3n) is 3.57. The summed E-state index contributed by atoms with van der Waals surface area (Å²) in [4.78, 5) is 22.5. The van der Waals surface area contributed by atoms with E-state index in [0.29, 0.717) is 5.82 Å². The monoisotopic (exact) mass is 276 g/mol. The number of aryl methyl sites for hydroxylation is 3. The van der Waals surface area contributed by atoms with Crippen molar-refractivity contribution in [3.8, 4) is 0 Å². The number of fused-ring (bicyclic) bond motifs is 3. The molecule has 0 saturated heterocycles. The number of rotatable bonds is 4. The predicted molar refractivity (Wildman–Crippen MR) is 75.0 cm³/mol. The van der Waals surface area contributed by atoms with Crippen LogP contribution in [0, 0.1) is 0 Å². The van der Waals surface area contributed by atoms with Gasteiger partial charge in [-0.1, -0.05) is 13.3 Å². The first-order valence-corrected chi connectivity index (χ1v) is 7.56. The number of unbranched alkanes of at least 4 members (excludes halogenated alkanes) is 1. The van der Waals surface area contributed by atoms with Gasteiger partial charge >= 0.3 is 5.97 Å². The van der Waals surface area contributed by atoms with Gasteiger partial charge in [0.15, 0.2) is 5.69 Å². The first-order chi connectivity index (χ1) is 9.20. The van der Waals surface area contributed by atoms with Gasteiger partial charge in [-0.05, 0) is 31.2 Å². The topological polar surface area (TPSA) is 63.1 Å². The Bertz CT molecular complexity index is 648. The van der Waals surface area contributed by atoms with Gasteiger partial charge in [-0.3, -0.25) is 0 Å². The Morgan fingerprint density at radius 3 is 2.95 bits per heavy atom. The van der Waals surface area contributed by atoms with E-state index in [2.05, 4.69) is 16.9 Å². The summed E-state index contributed by atoms with van der Waals surface area (Å²) in [5.41, 5.74) is 1.38. The molecule has 0 unspecified atom stereocenters. The molecule has 2 aromatic heterocycles. The molecule has 5 heteroatoms. The summed E-state index contributed by atoms with van der Waals surface area (Å²) in [7, 11) is 0. The van der Waals surface area contributed by atoms with Crippen molar-refractivity contribution in [2.75, 3.05) is 0 Å². The molecule has 19 heavy (non-hydrogen) atoms. The maximum absolute atomic E-state index is 11.5. The molecule has 100 valence electrons. The molecule has 1 N–H and O–H groups in total. The molecule has 0 atom stereocenters. The van der Waals surface area contributed by atoms with E-state index in [1.165, 1.54) is 10.4 Å². The molecule has 0 bridgehead atoms. The molecular formula is C14H16N2O2S. The summed E-state index contributed by atoms with van der Waals surface area (Å²) in [6.07, 6.45) is 5.95. The fourth-order valence-corrected chi connectivity index (χ4v) is 3.92. The summed E-state index contributed by atoms with van der Waals surface area (Å²) in [5, 5.41) is 10.2. The third kappa shape index (κ3) is 2.12. The minimum Gasteiger partial charge on any atom is -0.476 e. The van der Waals surface area contributed by atoms with Gasteiger partial charge in [-0.25, -0.2) is 14.8 Å². The van der Waals surface area contributed by atoms with Crippen molar-refractivity contribution in [2.45, 2.75) is 45.4 Å². The molecule has 0 saturated carbocycles. The molecule has 3 rings (SSSR count). The quantitative estimate of drug-likeness (QED) is 0.931. The lowest BCUT2D eigenvalue weighted by Gasteiger charge is -2.03. The van der Waals surface area contributed by atoms with E-state index in [0.717, 1.165) is 48.7 Å². The van der Waals surface area contributed by atoms with Crippen LogP contribution in [-0.2, 0) is 19.3 Å².